The zero-order valence-electron chi connectivity index (χ0n) is 13.9. The molecule has 1 N–H and O–H groups in total. The van der Waals surface area contributed by atoms with E-state index in [-0.39, 0.29) is 5.56 Å². The SMILES string of the molecule is CCOc1ccc(NC(=O)c2cnc3ccccn3c2=O)cc1OC. The standard InChI is InChI=1S/C18H17N3O4/c1-3-25-14-8-7-12(10-15(14)24-2)20-17(22)13-11-19-16-6-4-5-9-21(16)18(13)23/h4-11H,3H2,1-2H3,(H,20,22). The smallest absolute Gasteiger partial charge is 0.270 e. The van der Waals surface area contributed by atoms with Crippen LogP contribution in [-0.2, 0) is 0 Å². The lowest BCUT2D eigenvalue weighted by Crippen LogP contribution is -2.26. The summed E-state index contributed by atoms with van der Waals surface area (Å²) in [7, 11) is 1.52. The second kappa shape index (κ2) is 7.04. The molecule has 0 aliphatic carbocycles. The number of methoxy groups -OCH3 is 1. The van der Waals surface area contributed by atoms with Gasteiger partial charge < -0.3 is 14.8 Å². The van der Waals surface area contributed by atoms with Crippen LogP contribution in [0.3, 0.4) is 0 Å². The first-order valence-corrected chi connectivity index (χ1v) is 7.72. The van der Waals surface area contributed by atoms with Crippen molar-refractivity contribution in [2.24, 2.45) is 0 Å². The molecule has 0 atom stereocenters. The molecule has 0 fully saturated rings. The van der Waals surface area contributed by atoms with Crippen molar-refractivity contribution in [2.45, 2.75) is 6.92 Å². The highest BCUT2D eigenvalue weighted by atomic mass is 16.5. The molecule has 0 spiro atoms. The van der Waals surface area contributed by atoms with Gasteiger partial charge in [0.15, 0.2) is 11.5 Å². The average molecular weight is 339 g/mol. The number of pyridine rings is 1. The van der Waals surface area contributed by atoms with E-state index in [4.69, 9.17) is 9.47 Å². The highest BCUT2D eigenvalue weighted by Crippen LogP contribution is 2.30. The van der Waals surface area contributed by atoms with E-state index >= 15 is 0 Å². The summed E-state index contributed by atoms with van der Waals surface area (Å²) in [5.41, 5.74) is 0.493. The van der Waals surface area contributed by atoms with E-state index in [1.54, 1.807) is 42.6 Å². The lowest BCUT2D eigenvalue weighted by atomic mass is 10.2. The number of benzene rings is 1. The Bertz CT molecular complexity index is 981. The van der Waals surface area contributed by atoms with Gasteiger partial charge in [0.25, 0.3) is 11.5 Å². The van der Waals surface area contributed by atoms with Crippen LogP contribution in [0.25, 0.3) is 5.65 Å². The van der Waals surface area contributed by atoms with E-state index in [1.807, 2.05) is 6.92 Å². The number of hydrogen-bond acceptors (Lipinski definition) is 5. The van der Waals surface area contributed by atoms with Gasteiger partial charge in [-0.25, -0.2) is 4.98 Å². The number of nitrogens with zero attached hydrogens (tertiary/aromatic N) is 2. The van der Waals surface area contributed by atoms with Gasteiger partial charge in [0.2, 0.25) is 0 Å². The Morgan fingerprint density at radius 3 is 2.84 bits per heavy atom. The maximum atomic E-state index is 12.5. The molecule has 2 aromatic heterocycles. The topological polar surface area (TPSA) is 81.9 Å². The minimum Gasteiger partial charge on any atom is -0.493 e. The average Bonchev–Trinajstić information content (AvgIpc) is 2.63. The zero-order chi connectivity index (χ0) is 17.8. The maximum Gasteiger partial charge on any atom is 0.270 e. The van der Waals surface area contributed by atoms with Crippen LogP contribution in [0.15, 0.2) is 53.6 Å². The Balaban J connectivity index is 1.90. The van der Waals surface area contributed by atoms with Crippen molar-refractivity contribution in [3.05, 3.63) is 64.7 Å². The molecule has 3 aromatic rings. The zero-order valence-corrected chi connectivity index (χ0v) is 13.9. The quantitative estimate of drug-likeness (QED) is 0.772. The number of anilines is 1. The van der Waals surface area contributed by atoms with Crippen LogP contribution in [0.4, 0.5) is 5.69 Å². The molecule has 0 unspecified atom stereocenters. The van der Waals surface area contributed by atoms with Crippen LogP contribution in [0, 0.1) is 0 Å². The predicted molar refractivity (Wildman–Crippen MR) is 93.6 cm³/mol. The fraction of sp³-hybridized carbons (Fsp3) is 0.167. The number of ether oxygens (including phenoxy) is 2. The third-order valence-electron chi connectivity index (χ3n) is 3.58. The molecular formula is C18H17N3O4. The highest BCUT2D eigenvalue weighted by molar-refractivity contribution is 6.04. The van der Waals surface area contributed by atoms with Crippen LogP contribution in [-0.4, -0.2) is 29.0 Å². The van der Waals surface area contributed by atoms with Crippen molar-refractivity contribution < 1.29 is 14.3 Å². The van der Waals surface area contributed by atoms with Gasteiger partial charge in [0, 0.05) is 24.1 Å². The summed E-state index contributed by atoms with van der Waals surface area (Å²) >= 11 is 0. The summed E-state index contributed by atoms with van der Waals surface area (Å²) in [5.74, 6) is 0.533. The number of rotatable bonds is 5. The molecule has 128 valence electrons. The van der Waals surface area contributed by atoms with Crippen molar-refractivity contribution in [1.82, 2.24) is 9.38 Å². The van der Waals surface area contributed by atoms with E-state index in [9.17, 15) is 9.59 Å². The van der Waals surface area contributed by atoms with E-state index in [0.29, 0.717) is 29.4 Å². The van der Waals surface area contributed by atoms with E-state index < -0.39 is 11.5 Å². The first-order chi connectivity index (χ1) is 12.1. The number of nitrogens with one attached hydrogen (secondary N) is 1. The monoisotopic (exact) mass is 339 g/mol. The Labute approximate surface area is 143 Å². The predicted octanol–water partition coefficient (Wildman–Crippen LogP) is 2.35. The number of hydrogen-bond donors (Lipinski definition) is 1. The van der Waals surface area contributed by atoms with Gasteiger partial charge in [-0.3, -0.25) is 14.0 Å². The van der Waals surface area contributed by atoms with Gasteiger partial charge in [-0.1, -0.05) is 6.07 Å². The first-order valence-electron chi connectivity index (χ1n) is 7.72. The number of aromatic nitrogens is 2. The summed E-state index contributed by atoms with van der Waals surface area (Å²) in [6, 6.07) is 10.2. The van der Waals surface area contributed by atoms with E-state index in [2.05, 4.69) is 10.3 Å². The van der Waals surface area contributed by atoms with Crippen LogP contribution in [0.2, 0.25) is 0 Å². The van der Waals surface area contributed by atoms with Gasteiger partial charge in [-0.15, -0.1) is 0 Å². The molecule has 1 amide bonds. The van der Waals surface area contributed by atoms with Crippen LogP contribution >= 0.6 is 0 Å². The number of fused-ring (bicyclic) bond motifs is 1. The van der Waals surface area contributed by atoms with Crippen molar-refractivity contribution in [3.63, 3.8) is 0 Å². The lowest BCUT2D eigenvalue weighted by Gasteiger charge is -2.11. The summed E-state index contributed by atoms with van der Waals surface area (Å²) in [6.07, 6.45) is 2.85. The fourth-order valence-electron chi connectivity index (χ4n) is 2.40. The van der Waals surface area contributed by atoms with Crippen LogP contribution < -0.4 is 20.3 Å². The molecule has 2 heterocycles. The molecule has 0 saturated heterocycles. The summed E-state index contributed by atoms with van der Waals surface area (Å²) in [5, 5.41) is 2.68. The number of carbonyl (C=O) groups is 1. The van der Waals surface area contributed by atoms with Crippen LogP contribution in [0.5, 0.6) is 11.5 Å². The number of carbonyl (C=O) groups excluding carboxylic acids is 1. The maximum absolute atomic E-state index is 12.5. The van der Waals surface area contributed by atoms with Crippen molar-refractivity contribution in [1.29, 1.82) is 0 Å². The van der Waals surface area contributed by atoms with Crippen molar-refractivity contribution in [2.75, 3.05) is 19.0 Å². The normalized spacial score (nSPS) is 10.5. The summed E-state index contributed by atoms with van der Waals surface area (Å²) in [6.45, 7) is 2.37. The number of amides is 1. The third kappa shape index (κ3) is 3.30. The molecule has 0 aliphatic rings. The first kappa shape index (κ1) is 16.5. The molecule has 0 bridgehead atoms. The lowest BCUT2D eigenvalue weighted by molar-refractivity contribution is 0.102. The summed E-state index contributed by atoms with van der Waals surface area (Å²) < 4.78 is 12.0. The van der Waals surface area contributed by atoms with Gasteiger partial charge in [-0.2, -0.15) is 0 Å². The second-order valence-electron chi connectivity index (χ2n) is 5.16. The molecule has 0 saturated carbocycles. The van der Waals surface area contributed by atoms with E-state index in [0.717, 1.165) is 0 Å². The Morgan fingerprint density at radius 2 is 2.08 bits per heavy atom. The summed E-state index contributed by atoms with van der Waals surface area (Å²) in [4.78, 5) is 29.0. The van der Waals surface area contributed by atoms with Gasteiger partial charge >= 0.3 is 0 Å². The van der Waals surface area contributed by atoms with Gasteiger partial charge in [0.1, 0.15) is 11.2 Å². The molecule has 0 radical (unpaired) electrons. The minimum absolute atomic E-state index is 0.0449. The van der Waals surface area contributed by atoms with Crippen molar-refractivity contribution in [3.8, 4) is 11.5 Å². The molecule has 0 aliphatic heterocycles. The van der Waals surface area contributed by atoms with Gasteiger partial charge in [0.05, 0.1) is 13.7 Å². The van der Waals surface area contributed by atoms with Crippen LogP contribution in [0.1, 0.15) is 17.3 Å². The third-order valence-corrected chi connectivity index (χ3v) is 3.58. The fourth-order valence-corrected chi connectivity index (χ4v) is 2.40. The minimum atomic E-state index is -0.540. The van der Waals surface area contributed by atoms with Gasteiger partial charge in [-0.05, 0) is 31.2 Å². The van der Waals surface area contributed by atoms with E-state index in [1.165, 1.54) is 17.7 Å². The molecule has 25 heavy (non-hydrogen) atoms. The molecule has 1 aromatic carbocycles. The molecule has 7 heteroatoms. The molecule has 7 nitrogen and oxygen atoms in total. The Hall–Kier alpha value is -3.35. The van der Waals surface area contributed by atoms with Crippen molar-refractivity contribution >= 4 is 17.2 Å². The Morgan fingerprint density at radius 1 is 1.24 bits per heavy atom. The molecule has 3 rings (SSSR count). The largest absolute Gasteiger partial charge is 0.493 e. The highest BCUT2D eigenvalue weighted by Gasteiger charge is 2.14. The second-order valence-corrected chi connectivity index (χ2v) is 5.16. The molecular weight excluding hydrogens is 322 g/mol. The Kier molecular flexibility index (Phi) is 4.65.